The van der Waals surface area contributed by atoms with Gasteiger partial charge in [-0.25, -0.2) is 0 Å². The van der Waals surface area contributed by atoms with Crippen LogP contribution in [0, 0.1) is 11.8 Å². The number of hydrogen-bond acceptors (Lipinski definition) is 3. The summed E-state index contributed by atoms with van der Waals surface area (Å²) in [6, 6.07) is 0. The molecule has 4 heteroatoms. The third kappa shape index (κ3) is 2.42. The maximum Gasteiger partial charge on any atom is 0.187 e. The molecule has 100 valence electrons. The zero-order valence-electron chi connectivity index (χ0n) is 11.5. The Morgan fingerprint density at radius 3 is 2.89 bits per heavy atom. The van der Waals surface area contributed by atoms with E-state index in [-0.39, 0.29) is 11.7 Å². The van der Waals surface area contributed by atoms with Crippen molar-refractivity contribution in [3.63, 3.8) is 0 Å². The van der Waals surface area contributed by atoms with E-state index >= 15 is 0 Å². The number of methoxy groups -OCH3 is 1. The predicted octanol–water partition coefficient (Wildman–Crippen LogP) is 2.92. The van der Waals surface area contributed by atoms with E-state index < -0.39 is 0 Å². The fraction of sp³-hybridized carbons (Fsp3) is 0.714. The van der Waals surface area contributed by atoms with E-state index in [2.05, 4.69) is 18.9 Å². The molecule has 2 unspecified atom stereocenters. The number of aryl methyl sites for hydroxylation is 1. The van der Waals surface area contributed by atoms with Gasteiger partial charge in [-0.2, -0.15) is 5.10 Å². The van der Waals surface area contributed by atoms with Crippen LogP contribution in [0.3, 0.4) is 0 Å². The van der Waals surface area contributed by atoms with Crippen molar-refractivity contribution in [1.29, 1.82) is 0 Å². The first-order valence-corrected chi connectivity index (χ1v) is 6.81. The van der Waals surface area contributed by atoms with Crippen molar-refractivity contribution >= 4 is 5.78 Å². The van der Waals surface area contributed by atoms with Gasteiger partial charge in [0, 0.05) is 12.5 Å². The van der Waals surface area contributed by atoms with E-state index in [0.717, 1.165) is 32.2 Å². The van der Waals surface area contributed by atoms with Gasteiger partial charge in [-0.15, -0.1) is 0 Å². The monoisotopic (exact) mass is 250 g/mol. The van der Waals surface area contributed by atoms with Gasteiger partial charge in [-0.3, -0.25) is 9.48 Å². The number of rotatable bonds is 5. The Labute approximate surface area is 108 Å². The number of carbonyl (C=O) groups is 1. The quantitative estimate of drug-likeness (QED) is 0.755. The molecule has 0 radical (unpaired) electrons. The van der Waals surface area contributed by atoms with Crippen molar-refractivity contribution in [2.45, 2.75) is 46.1 Å². The van der Waals surface area contributed by atoms with Crippen LogP contribution < -0.4 is 4.74 Å². The molecule has 4 nitrogen and oxygen atoms in total. The molecule has 1 aliphatic rings. The van der Waals surface area contributed by atoms with Crippen LogP contribution in [0.2, 0.25) is 0 Å². The molecule has 18 heavy (non-hydrogen) atoms. The number of ketones is 1. The second kappa shape index (κ2) is 5.55. The van der Waals surface area contributed by atoms with Crippen molar-refractivity contribution in [3.8, 4) is 5.75 Å². The summed E-state index contributed by atoms with van der Waals surface area (Å²) in [5.41, 5.74) is 0.665. The highest BCUT2D eigenvalue weighted by atomic mass is 16.5. The molecule has 1 heterocycles. The van der Waals surface area contributed by atoms with Crippen LogP contribution in [-0.2, 0) is 6.54 Å². The van der Waals surface area contributed by atoms with E-state index in [4.69, 9.17) is 4.74 Å². The smallest absolute Gasteiger partial charge is 0.187 e. The van der Waals surface area contributed by atoms with Gasteiger partial charge in [0.25, 0.3) is 0 Å². The molecule has 1 saturated carbocycles. The standard InChI is InChI=1S/C14H22N2O2/c1-4-7-16-13(12(18-3)9-15-16)14(17)11-6-5-10(2)8-11/h9-11H,4-8H2,1-3H3. The molecule has 1 aromatic heterocycles. The third-order valence-electron chi connectivity index (χ3n) is 3.76. The summed E-state index contributed by atoms with van der Waals surface area (Å²) in [4.78, 5) is 12.6. The van der Waals surface area contributed by atoms with E-state index in [0.29, 0.717) is 17.4 Å². The Bertz CT molecular complexity index is 425. The molecule has 1 aromatic rings. The molecule has 1 aliphatic carbocycles. The topological polar surface area (TPSA) is 44.1 Å². The van der Waals surface area contributed by atoms with E-state index in [1.165, 1.54) is 0 Å². The number of aromatic nitrogens is 2. The molecule has 0 spiro atoms. The molecular weight excluding hydrogens is 228 g/mol. The second-order valence-corrected chi connectivity index (χ2v) is 5.26. The summed E-state index contributed by atoms with van der Waals surface area (Å²) >= 11 is 0. The van der Waals surface area contributed by atoms with Gasteiger partial charge in [-0.05, 0) is 31.6 Å². The lowest BCUT2D eigenvalue weighted by molar-refractivity contribution is 0.0906. The van der Waals surface area contributed by atoms with E-state index in [9.17, 15) is 4.79 Å². The van der Waals surface area contributed by atoms with Crippen LogP contribution >= 0.6 is 0 Å². The summed E-state index contributed by atoms with van der Waals surface area (Å²) in [6.45, 7) is 5.07. The third-order valence-corrected chi connectivity index (χ3v) is 3.76. The Balaban J connectivity index is 2.24. The average molecular weight is 250 g/mol. The molecule has 0 bridgehead atoms. The molecule has 0 saturated heterocycles. The lowest BCUT2D eigenvalue weighted by Gasteiger charge is -2.12. The molecule has 0 aromatic carbocycles. The Morgan fingerprint density at radius 2 is 2.33 bits per heavy atom. The Morgan fingerprint density at radius 1 is 1.56 bits per heavy atom. The van der Waals surface area contributed by atoms with Crippen molar-refractivity contribution in [2.75, 3.05) is 7.11 Å². The predicted molar refractivity (Wildman–Crippen MR) is 69.9 cm³/mol. The summed E-state index contributed by atoms with van der Waals surface area (Å²) in [7, 11) is 1.60. The van der Waals surface area contributed by atoms with E-state index in [1.54, 1.807) is 18.0 Å². The van der Waals surface area contributed by atoms with Gasteiger partial charge in [0.05, 0.1) is 13.3 Å². The van der Waals surface area contributed by atoms with E-state index in [1.807, 2.05) is 0 Å². The van der Waals surface area contributed by atoms with Crippen LogP contribution in [0.25, 0.3) is 0 Å². The fourth-order valence-corrected chi connectivity index (χ4v) is 2.79. The van der Waals surface area contributed by atoms with Crippen molar-refractivity contribution < 1.29 is 9.53 Å². The zero-order chi connectivity index (χ0) is 13.1. The minimum absolute atomic E-state index is 0.154. The zero-order valence-corrected chi connectivity index (χ0v) is 11.5. The SMILES string of the molecule is CCCn1ncc(OC)c1C(=O)C1CCC(C)C1. The fourth-order valence-electron chi connectivity index (χ4n) is 2.79. The van der Waals surface area contributed by atoms with Crippen LogP contribution in [-0.4, -0.2) is 22.7 Å². The van der Waals surface area contributed by atoms with Gasteiger partial charge in [0.1, 0.15) is 5.69 Å². The lowest BCUT2D eigenvalue weighted by Crippen LogP contribution is -2.18. The maximum absolute atomic E-state index is 12.6. The van der Waals surface area contributed by atoms with Crippen molar-refractivity contribution in [1.82, 2.24) is 9.78 Å². The maximum atomic E-state index is 12.6. The molecular formula is C14H22N2O2. The Kier molecular flexibility index (Phi) is 4.04. The second-order valence-electron chi connectivity index (χ2n) is 5.26. The van der Waals surface area contributed by atoms with Gasteiger partial charge in [0.2, 0.25) is 0 Å². The molecule has 0 N–H and O–H groups in total. The van der Waals surface area contributed by atoms with Crippen molar-refractivity contribution in [2.24, 2.45) is 11.8 Å². The highest BCUT2D eigenvalue weighted by Gasteiger charge is 2.32. The summed E-state index contributed by atoms with van der Waals surface area (Å²) < 4.78 is 7.07. The minimum Gasteiger partial charge on any atom is -0.493 e. The normalized spacial score (nSPS) is 23.3. The summed E-state index contributed by atoms with van der Waals surface area (Å²) in [5, 5.41) is 4.26. The van der Waals surface area contributed by atoms with Crippen LogP contribution in [0.5, 0.6) is 5.75 Å². The molecule has 0 aliphatic heterocycles. The largest absolute Gasteiger partial charge is 0.493 e. The molecule has 0 amide bonds. The highest BCUT2D eigenvalue weighted by Crippen LogP contribution is 2.34. The first-order chi connectivity index (χ1) is 8.67. The lowest BCUT2D eigenvalue weighted by atomic mass is 9.98. The first-order valence-electron chi connectivity index (χ1n) is 6.81. The Hall–Kier alpha value is -1.32. The number of ether oxygens (including phenoxy) is 1. The van der Waals surface area contributed by atoms with Crippen LogP contribution in [0.1, 0.15) is 50.0 Å². The number of nitrogens with zero attached hydrogens (tertiary/aromatic N) is 2. The number of Topliss-reactive ketones (excluding diaryl/α,β-unsaturated/α-hetero) is 1. The highest BCUT2D eigenvalue weighted by molar-refractivity contribution is 5.98. The number of hydrogen-bond donors (Lipinski definition) is 0. The average Bonchev–Trinajstić information content (AvgIpc) is 2.95. The molecule has 2 atom stereocenters. The van der Waals surface area contributed by atoms with Gasteiger partial charge in [0.15, 0.2) is 11.5 Å². The number of carbonyl (C=O) groups excluding carboxylic acids is 1. The van der Waals surface area contributed by atoms with Gasteiger partial charge >= 0.3 is 0 Å². The summed E-state index contributed by atoms with van der Waals surface area (Å²) in [6.07, 6.45) is 5.77. The molecule has 2 rings (SSSR count). The first kappa shape index (κ1) is 13.1. The summed E-state index contributed by atoms with van der Waals surface area (Å²) in [5.74, 6) is 1.64. The molecule has 1 fully saturated rings. The minimum atomic E-state index is 0.154. The van der Waals surface area contributed by atoms with Gasteiger partial charge < -0.3 is 4.74 Å². The van der Waals surface area contributed by atoms with Crippen molar-refractivity contribution in [3.05, 3.63) is 11.9 Å². The van der Waals surface area contributed by atoms with Crippen LogP contribution in [0.4, 0.5) is 0 Å². The van der Waals surface area contributed by atoms with Crippen LogP contribution in [0.15, 0.2) is 6.20 Å². The van der Waals surface area contributed by atoms with Gasteiger partial charge in [-0.1, -0.05) is 13.8 Å².